The number of nitrogens with zero attached hydrogens (tertiary/aromatic N) is 2. The number of hydrogen-bond acceptors (Lipinski definition) is 5. The van der Waals surface area contributed by atoms with Crippen molar-refractivity contribution in [2.24, 2.45) is 4.99 Å². The first-order valence-corrected chi connectivity index (χ1v) is 8.95. The van der Waals surface area contributed by atoms with Crippen LogP contribution in [0.5, 0.6) is 5.75 Å². The van der Waals surface area contributed by atoms with E-state index in [4.69, 9.17) is 9.73 Å². The van der Waals surface area contributed by atoms with Gasteiger partial charge in [0.2, 0.25) is 5.95 Å². The van der Waals surface area contributed by atoms with E-state index in [1.807, 2.05) is 6.92 Å². The van der Waals surface area contributed by atoms with Crippen LogP contribution >= 0.6 is 0 Å². The first kappa shape index (κ1) is 18.8. The van der Waals surface area contributed by atoms with Crippen molar-refractivity contribution in [3.05, 3.63) is 93.7 Å². The van der Waals surface area contributed by atoms with Crippen molar-refractivity contribution < 1.29 is 13.5 Å². The van der Waals surface area contributed by atoms with E-state index in [1.54, 1.807) is 24.3 Å². The lowest BCUT2D eigenvalue weighted by Crippen LogP contribution is -2.48. The molecule has 8 heteroatoms. The lowest BCUT2D eigenvalue weighted by Gasteiger charge is -2.35. The number of hydrogen-bond donors (Lipinski definition) is 2. The quantitative estimate of drug-likeness (QED) is 0.665. The highest BCUT2D eigenvalue weighted by Crippen LogP contribution is 2.39. The number of methoxy groups -OCH3 is 1. The Labute approximate surface area is 165 Å². The number of aromatic nitrogens is 2. The average molecular weight is 396 g/mol. The highest BCUT2D eigenvalue weighted by molar-refractivity contribution is 6.01. The van der Waals surface area contributed by atoms with Crippen LogP contribution in [0.3, 0.4) is 0 Å². The molecule has 2 atom stereocenters. The third-order valence-electron chi connectivity index (χ3n) is 5.11. The number of H-pyrrole nitrogens is 1. The van der Waals surface area contributed by atoms with Crippen LogP contribution in [-0.4, -0.2) is 29.0 Å². The fourth-order valence-corrected chi connectivity index (χ4v) is 3.67. The van der Waals surface area contributed by atoms with Gasteiger partial charge in [0, 0.05) is 18.0 Å². The van der Waals surface area contributed by atoms with Gasteiger partial charge in [0.15, 0.2) is 5.75 Å². The van der Waals surface area contributed by atoms with Crippen LogP contribution in [0.4, 0.5) is 8.78 Å². The molecule has 0 aliphatic carbocycles. The van der Waals surface area contributed by atoms with Crippen molar-refractivity contribution in [3.8, 4) is 5.75 Å². The maximum atomic E-state index is 14.0. The maximum Gasteiger partial charge on any atom is 0.290 e. The zero-order valence-corrected chi connectivity index (χ0v) is 15.7. The highest BCUT2D eigenvalue weighted by Gasteiger charge is 2.45. The largest absolute Gasteiger partial charge is 0.491 e. The standard InChI is InChI=1S/C21H18F2N4O2/c1-12-21(14-3-5-16(22)6-4-14,15-7-8-24-18(23)10-15)27-19(26-12)13-9-17(29-2)20(28)25-11-13/h3-12H,1-2H3,(H,25,28)(H,26,27)/t12-,21+/m0/s1. The molecule has 29 heavy (non-hydrogen) atoms. The summed E-state index contributed by atoms with van der Waals surface area (Å²) < 4.78 is 32.6. The highest BCUT2D eigenvalue weighted by atomic mass is 19.1. The Morgan fingerprint density at radius 3 is 2.55 bits per heavy atom. The molecule has 1 aromatic carbocycles. The minimum Gasteiger partial charge on any atom is -0.491 e. The lowest BCUT2D eigenvalue weighted by molar-refractivity contribution is 0.408. The van der Waals surface area contributed by atoms with Crippen LogP contribution in [-0.2, 0) is 5.54 Å². The van der Waals surface area contributed by atoms with Crippen LogP contribution in [0.15, 0.2) is 64.6 Å². The summed E-state index contributed by atoms with van der Waals surface area (Å²) in [7, 11) is 1.41. The van der Waals surface area contributed by atoms with Crippen molar-refractivity contribution in [1.82, 2.24) is 15.3 Å². The van der Waals surface area contributed by atoms with Gasteiger partial charge in [-0.1, -0.05) is 12.1 Å². The van der Waals surface area contributed by atoms with Gasteiger partial charge in [-0.15, -0.1) is 0 Å². The summed E-state index contributed by atoms with van der Waals surface area (Å²) in [6, 6.07) is 10.2. The summed E-state index contributed by atoms with van der Waals surface area (Å²) in [6.07, 6.45) is 2.91. The van der Waals surface area contributed by atoms with Gasteiger partial charge >= 0.3 is 0 Å². The smallest absolute Gasteiger partial charge is 0.290 e. The molecule has 0 spiro atoms. The maximum absolute atomic E-state index is 14.0. The van der Waals surface area contributed by atoms with Gasteiger partial charge in [0.25, 0.3) is 5.56 Å². The van der Waals surface area contributed by atoms with Gasteiger partial charge in [0.05, 0.1) is 13.2 Å². The normalized spacial score (nSPS) is 20.8. The van der Waals surface area contributed by atoms with E-state index in [1.165, 1.54) is 37.7 Å². The molecule has 0 bridgehead atoms. The Kier molecular flexibility index (Phi) is 4.62. The fraction of sp³-hybridized carbons (Fsp3) is 0.190. The van der Waals surface area contributed by atoms with Crippen molar-refractivity contribution in [2.45, 2.75) is 18.5 Å². The average Bonchev–Trinajstić information content (AvgIpc) is 3.07. The Morgan fingerprint density at radius 2 is 1.86 bits per heavy atom. The van der Waals surface area contributed by atoms with Gasteiger partial charge in [-0.05, 0) is 48.4 Å². The first-order chi connectivity index (χ1) is 13.9. The second-order valence-electron chi connectivity index (χ2n) is 6.75. The molecule has 0 saturated heterocycles. The Balaban J connectivity index is 1.85. The molecule has 3 heterocycles. The predicted octanol–water partition coefficient (Wildman–Crippen LogP) is 2.74. The minimum atomic E-state index is -0.948. The third kappa shape index (κ3) is 3.16. The van der Waals surface area contributed by atoms with E-state index in [0.717, 1.165) is 0 Å². The molecule has 0 saturated carbocycles. The summed E-state index contributed by atoms with van der Waals surface area (Å²) >= 11 is 0. The molecule has 0 fully saturated rings. The number of halogens is 2. The van der Waals surface area contributed by atoms with E-state index >= 15 is 0 Å². The molecule has 148 valence electrons. The minimum absolute atomic E-state index is 0.147. The summed E-state index contributed by atoms with van der Waals surface area (Å²) in [5.74, 6) is -0.360. The predicted molar refractivity (Wildman–Crippen MR) is 104 cm³/mol. The SMILES string of the molecule is COc1cc(C2=N[C@@H](C)[C@@](c3ccc(F)cc3)(c3ccnc(F)c3)N2)c[nH]c1=O. The number of benzene rings is 1. The number of nitrogens with one attached hydrogen (secondary N) is 2. The van der Waals surface area contributed by atoms with Crippen LogP contribution in [0.1, 0.15) is 23.6 Å². The molecule has 0 amide bonds. The van der Waals surface area contributed by atoms with Gasteiger partial charge in [-0.3, -0.25) is 9.79 Å². The number of pyridine rings is 2. The van der Waals surface area contributed by atoms with Gasteiger partial charge in [0.1, 0.15) is 17.2 Å². The summed E-state index contributed by atoms with van der Waals surface area (Å²) in [5.41, 5.74) is 0.609. The Bertz CT molecular complexity index is 1140. The van der Waals surface area contributed by atoms with E-state index < -0.39 is 11.5 Å². The Hall–Kier alpha value is -3.55. The van der Waals surface area contributed by atoms with Crippen LogP contribution in [0.25, 0.3) is 0 Å². The fourth-order valence-electron chi connectivity index (χ4n) is 3.67. The first-order valence-electron chi connectivity index (χ1n) is 8.95. The van der Waals surface area contributed by atoms with Crippen molar-refractivity contribution in [1.29, 1.82) is 0 Å². The number of rotatable bonds is 4. The summed E-state index contributed by atoms with van der Waals surface area (Å²) in [5, 5.41) is 3.38. The lowest BCUT2D eigenvalue weighted by atomic mass is 9.78. The molecule has 3 aromatic rings. The van der Waals surface area contributed by atoms with Crippen molar-refractivity contribution in [2.75, 3.05) is 7.11 Å². The molecular formula is C21H18F2N4O2. The molecule has 1 aliphatic rings. The Morgan fingerprint density at radius 1 is 1.10 bits per heavy atom. The number of amidine groups is 1. The molecule has 0 unspecified atom stereocenters. The van der Waals surface area contributed by atoms with Crippen LogP contribution in [0, 0.1) is 11.8 Å². The second kappa shape index (κ2) is 7.12. The molecule has 2 aromatic heterocycles. The zero-order valence-electron chi connectivity index (χ0n) is 15.7. The van der Waals surface area contributed by atoms with E-state index in [-0.39, 0.29) is 23.2 Å². The topological polar surface area (TPSA) is 79.4 Å². The van der Waals surface area contributed by atoms with Crippen LogP contribution in [0.2, 0.25) is 0 Å². The number of aliphatic imine (C=N–C) groups is 1. The summed E-state index contributed by atoms with van der Waals surface area (Å²) in [4.78, 5) is 22.8. The zero-order chi connectivity index (χ0) is 20.6. The molecular weight excluding hydrogens is 378 g/mol. The third-order valence-corrected chi connectivity index (χ3v) is 5.11. The number of ether oxygens (including phenoxy) is 1. The van der Waals surface area contributed by atoms with Crippen molar-refractivity contribution >= 4 is 5.84 Å². The monoisotopic (exact) mass is 396 g/mol. The van der Waals surface area contributed by atoms with E-state index in [2.05, 4.69) is 15.3 Å². The van der Waals surface area contributed by atoms with Gasteiger partial charge in [-0.25, -0.2) is 9.37 Å². The van der Waals surface area contributed by atoms with Crippen LogP contribution < -0.4 is 15.6 Å². The van der Waals surface area contributed by atoms with E-state index in [0.29, 0.717) is 22.5 Å². The van der Waals surface area contributed by atoms with Gasteiger partial charge < -0.3 is 15.0 Å². The number of aromatic amines is 1. The molecule has 6 nitrogen and oxygen atoms in total. The summed E-state index contributed by atoms with van der Waals surface area (Å²) in [6.45, 7) is 1.88. The van der Waals surface area contributed by atoms with E-state index in [9.17, 15) is 13.6 Å². The molecule has 0 radical (unpaired) electrons. The van der Waals surface area contributed by atoms with Gasteiger partial charge in [-0.2, -0.15) is 4.39 Å². The molecule has 4 rings (SSSR count). The molecule has 2 N–H and O–H groups in total. The van der Waals surface area contributed by atoms with Crippen molar-refractivity contribution in [3.63, 3.8) is 0 Å². The second-order valence-corrected chi connectivity index (χ2v) is 6.75. The molecule has 1 aliphatic heterocycles.